The van der Waals surface area contributed by atoms with Crippen LogP contribution in [0.2, 0.25) is 0 Å². The lowest BCUT2D eigenvalue weighted by Crippen LogP contribution is -2.32. The highest BCUT2D eigenvalue weighted by atomic mass is 79.9. The summed E-state index contributed by atoms with van der Waals surface area (Å²) in [6.45, 7) is 2.06. The summed E-state index contributed by atoms with van der Waals surface area (Å²) < 4.78 is 23.9. The maximum atomic E-state index is 12.2. The van der Waals surface area contributed by atoms with Gasteiger partial charge in [-0.3, -0.25) is 9.69 Å². The lowest BCUT2D eigenvalue weighted by molar-refractivity contribution is -0.117. The lowest BCUT2D eigenvalue weighted by Gasteiger charge is -2.24. The van der Waals surface area contributed by atoms with Crippen molar-refractivity contribution in [3.63, 3.8) is 0 Å². The highest BCUT2D eigenvalue weighted by molar-refractivity contribution is 9.10. The number of amides is 1. The Morgan fingerprint density at radius 1 is 1.24 bits per heavy atom. The van der Waals surface area contributed by atoms with Crippen molar-refractivity contribution in [2.75, 3.05) is 18.9 Å². The highest BCUT2D eigenvalue weighted by Gasteiger charge is 2.17. The predicted molar refractivity (Wildman–Crippen MR) is 102 cm³/mol. The zero-order valence-electron chi connectivity index (χ0n) is 13.9. The monoisotopic (exact) mass is 425 g/mol. The van der Waals surface area contributed by atoms with E-state index in [-0.39, 0.29) is 23.4 Å². The second-order valence-electron chi connectivity index (χ2n) is 5.76. The summed E-state index contributed by atoms with van der Waals surface area (Å²) in [5.74, 6) is -0.153. The molecule has 6 nitrogen and oxygen atoms in total. The Balaban J connectivity index is 2.03. The van der Waals surface area contributed by atoms with Crippen molar-refractivity contribution in [1.29, 1.82) is 0 Å². The Kier molecular flexibility index (Phi) is 6.34. The summed E-state index contributed by atoms with van der Waals surface area (Å²) in [7, 11) is -1.95. The Bertz CT molecular complexity index is 854. The quantitative estimate of drug-likeness (QED) is 0.743. The molecule has 0 fully saturated rings. The van der Waals surface area contributed by atoms with Crippen molar-refractivity contribution in [3.8, 4) is 0 Å². The van der Waals surface area contributed by atoms with E-state index in [2.05, 4.69) is 21.2 Å². The zero-order valence-corrected chi connectivity index (χ0v) is 16.3. The van der Waals surface area contributed by atoms with Crippen molar-refractivity contribution in [3.05, 3.63) is 58.6 Å². The van der Waals surface area contributed by atoms with Crippen molar-refractivity contribution < 1.29 is 13.2 Å². The zero-order chi connectivity index (χ0) is 18.6. The Morgan fingerprint density at radius 3 is 2.48 bits per heavy atom. The molecule has 2 rings (SSSR count). The SMILES string of the molecule is CC(c1cccc(S(N)(=O)=O)c1)N(C)CC(=O)Nc1ccc(Br)cc1. The molecule has 0 aliphatic carbocycles. The van der Waals surface area contributed by atoms with Crippen LogP contribution in [0.4, 0.5) is 5.69 Å². The number of primary sulfonamides is 1. The van der Waals surface area contributed by atoms with Crippen LogP contribution in [0.5, 0.6) is 0 Å². The first-order valence-electron chi connectivity index (χ1n) is 7.55. The molecule has 3 N–H and O–H groups in total. The van der Waals surface area contributed by atoms with Gasteiger partial charge in [-0.05, 0) is 55.9 Å². The van der Waals surface area contributed by atoms with E-state index in [1.807, 2.05) is 30.0 Å². The maximum Gasteiger partial charge on any atom is 0.238 e. The number of hydrogen-bond donors (Lipinski definition) is 2. The minimum absolute atomic E-state index is 0.0598. The minimum atomic E-state index is -3.75. The number of carbonyl (C=O) groups is 1. The van der Waals surface area contributed by atoms with Gasteiger partial charge in [0.2, 0.25) is 15.9 Å². The molecule has 0 aliphatic heterocycles. The van der Waals surface area contributed by atoms with E-state index in [1.54, 1.807) is 25.2 Å². The Morgan fingerprint density at radius 2 is 1.88 bits per heavy atom. The molecule has 0 aromatic heterocycles. The summed E-state index contributed by atoms with van der Waals surface area (Å²) in [5.41, 5.74) is 1.48. The van der Waals surface area contributed by atoms with Gasteiger partial charge in [-0.2, -0.15) is 0 Å². The first-order valence-corrected chi connectivity index (χ1v) is 9.89. The third-order valence-electron chi connectivity index (χ3n) is 3.85. The van der Waals surface area contributed by atoms with Gasteiger partial charge in [-0.25, -0.2) is 13.6 Å². The van der Waals surface area contributed by atoms with E-state index in [9.17, 15) is 13.2 Å². The average Bonchev–Trinajstić information content (AvgIpc) is 2.55. The first-order chi connectivity index (χ1) is 11.7. The smallest absolute Gasteiger partial charge is 0.238 e. The molecular weight excluding hydrogens is 406 g/mol. The van der Waals surface area contributed by atoms with Crippen LogP contribution in [-0.4, -0.2) is 32.8 Å². The standard InChI is InChI=1S/C17H20BrN3O3S/c1-12(13-4-3-5-16(10-13)25(19,23)24)21(2)11-17(22)20-15-8-6-14(18)7-9-15/h3-10,12H,11H2,1-2H3,(H,20,22)(H2,19,23,24). The Labute approximate surface area is 156 Å². The number of hydrogen-bond acceptors (Lipinski definition) is 4. The first kappa shape index (κ1) is 19.6. The molecular formula is C17H20BrN3O3S. The van der Waals surface area contributed by atoms with Crippen LogP contribution in [0.1, 0.15) is 18.5 Å². The molecule has 0 heterocycles. The number of sulfonamides is 1. The average molecular weight is 426 g/mol. The second kappa shape index (κ2) is 8.09. The van der Waals surface area contributed by atoms with Gasteiger partial charge in [-0.1, -0.05) is 28.1 Å². The van der Waals surface area contributed by atoms with Gasteiger partial charge in [0, 0.05) is 16.2 Å². The number of carbonyl (C=O) groups excluding carboxylic acids is 1. The summed E-state index contributed by atoms with van der Waals surface area (Å²) in [4.78, 5) is 14.1. The predicted octanol–water partition coefficient (Wildman–Crippen LogP) is 2.73. The molecule has 0 saturated carbocycles. The molecule has 0 aliphatic rings. The molecule has 0 bridgehead atoms. The molecule has 134 valence electrons. The minimum Gasteiger partial charge on any atom is -0.325 e. The van der Waals surface area contributed by atoms with Crippen molar-refractivity contribution in [2.24, 2.45) is 5.14 Å². The van der Waals surface area contributed by atoms with Gasteiger partial charge in [0.05, 0.1) is 11.4 Å². The molecule has 2 aromatic rings. The van der Waals surface area contributed by atoms with Crippen LogP contribution < -0.4 is 10.5 Å². The van der Waals surface area contributed by atoms with Gasteiger partial charge in [0.15, 0.2) is 0 Å². The summed E-state index contributed by atoms with van der Waals surface area (Å²) in [6.07, 6.45) is 0. The number of halogens is 1. The van der Waals surface area contributed by atoms with E-state index in [4.69, 9.17) is 5.14 Å². The van der Waals surface area contributed by atoms with Gasteiger partial charge in [-0.15, -0.1) is 0 Å². The van der Waals surface area contributed by atoms with Crippen molar-refractivity contribution in [1.82, 2.24) is 4.90 Å². The van der Waals surface area contributed by atoms with Gasteiger partial charge in [0.1, 0.15) is 0 Å². The molecule has 0 saturated heterocycles. The fraction of sp³-hybridized carbons (Fsp3) is 0.235. The molecule has 8 heteroatoms. The van der Waals surface area contributed by atoms with Gasteiger partial charge in [0.25, 0.3) is 0 Å². The van der Waals surface area contributed by atoms with Crippen molar-refractivity contribution in [2.45, 2.75) is 17.9 Å². The maximum absolute atomic E-state index is 12.2. The fourth-order valence-electron chi connectivity index (χ4n) is 2.30. The number of nitrogens with two attached hydrogens (primary N) is 1. The normalized spacial score (nSPS) is 12.8. The summed E-state index contributed by atoms with van der Waals surface area (Å²) in [5, 5.41) is 8.00. The van der Waals surface area contributed by atoms with E-state index in [0.717, 1.165) is 10.0 Å². The van der Waals surface area contributed by atoms with Crippen LogP contribution >= 0.6 is 15.9 Å². The van der Waals surface area contributed by atoms with E-state index in [0.29, 0.717) is 5.69 Å². The number of anilines is 1. The molecule has 2 aromatic carbocycles. The van der Waals surface area contributed by atoms with Crippen LogP contribution in [0.15, 0.2) is 57.9 Å². The Hall–Kier alpha value is -1.74. The molecule has 1 unspecified atom stereocenters. The van der Waals surface area contributed by atoms with Crippen LogP contribution in [0.3, 0.4) is 0 Å². The highest BCUT2D eigenvalue weighted by Crippen LogP contribution is 2.21. The molecule has 0 spiro atoms. The van der Waals surface area contributed by atoms with Crippen molar-refractivity contribution >= 4 is 37.5 Å². The number of benzene rings is 2. The summed E-state index contributed by atoms with van der Waals surface area (Å²) in [6, 6.07) is 13.6. The van der Waals surface area contributed by atoms with Crippen LogP contribution in [-0.2, 0) is 14.8 Å². The molecule has 0 radical (unpaired) electrons. The largest absolute Gasteiger partial charge is 0.325 e. The third-order valence-corrected chi connectivity index (χ3v) is 5.29. The number of likely N-dealkylation sites (N-methyl/N-ethyl adjacent to an activating group) is 1. The molecule has 1 atom stereocenters. The van der Waals surface area contributed by atoms with E-state index < -0.39 is 10.0 Å². The van der Waals surface area contributed by atoms with E-state index >= 15 is 0 Å². The summed E-state index contributed by atoms with van der Waals surface area (Å²) >= 11 is 3.34. The lowest BCUT2D eigenvalue weighted by atomic mass is 10.1. The van der Waals surface area contributed by atoms with Gasteiger partial charge >= 0.3 is 0 Å². The number of nitrogens with zero attached hydrogens (tertiary/aromatic N) is 1. The molecule has 1 amide bonds. The van der Waals surface area contributed by atoms with Gasteiger partial charge < -0.3 is 5.32 Å². The third kappa shape index (κ3) is 5.64. The van der Waals surface area contributed by atoms with Crippen LogP contribution in [0, 0.1) is 0 Å². The van der Waals surface area contributed by atoms with E-state index in [1.165, 1.54) is 12.1 Å². The topological polar surface area (TPSA) is 92.5 Å². The number of rotatable bonds is 6. The molecule has 25 heavy (non-hydrogen) atoms. The number of nitrogens with one attached hydrogen (secondary N) is 1. The fourth-order valence-corrected chi connectivity index (χ4v) is 3.14. The van der Waals surface area contributed by atoms with Crippen LogP contribution in [0.25, 0.3) is 0 Å². The second-order valence-corrected chi connectivity index (χ2v) is 8.24.